The van der Waals surface area contributed by atoms with E-state index in [9.17, 15) is 9.59 Å². The second-order valence-corrected chi connectivity index (χ2v) is 8.86. The molecule has 1 aliphatic heterocycles. The van der Waals surface area contributed by atoms with Gasteiger partial charge in [-0.2, -0.15) is 0 Å². The maximum atomic E-state index is 13.0. The molecule has 0 radical (unpaired) electrons. The third-order valence-electron chi connectivity index (χ3n) is 4.89. The average molecular weight is 392 g/mol. The van der Waals surface area contributed by atoms with Gasteiger partial charge in [-0.15, -0.1) is 22.7 Å². The molecule has 3 unspecified atom stereocenters. The first-order valence-corrected chi connectivity index (χ1v) is 10.6. The zero-order chi connectivity index (χ0) is 18.6. The highest BCUT2D eigenvalue weighted by molar-refractivity contribution is 7.10. The van der Waals surface area contributed by atoms with Gasteiger partial charge < -0.3 is 16.0 Å². The minimum atomic E-state index is -0.676. The van der Waals surface area contributed by atoms with Crippen LogP contribution in [0.15, 0.2) is 35.0 Å². The maximum Gasteiger partial charge on any atom is 0.228 e. The van der Waals surface area contributed by atoms with Crippen LogP contribution in [0.4, 0.5) is 0 Å². The third-order valence-corrected chi connectivity index (χ3v) is 7.00. The Hall–Kier alpha value is -1.70. The van der Waals surface area contributed by atoms with Crippen molar-refractivity contribution in [3.63, 3.8) is 0 Å². The molecule has 0 spiro atoms. The molecule has 1 fully saturated rings. The summed E-state index contributed by atoms with van der Waals surface area (Å²) in [6.45, 7) is 5.26. The molecule has 0 aliphatic carbocycles. The van der Waals surface area contributed by atoms with E-state index in [4.69, 9.17) is 0 Å². The zero-order valence-corrected chi connectivity index (χ0v) is 16.7. The van der Waals surface area contributed by atoms with E-state index in [1.54, 1.807) is 22.7 Å². The Morgan fingerprint density at radius 2 is 1.73 bits per heavy atom. The fraction of sp³-hybridized carbons (Fsp3) is 0.474. The molecule has 0 bridgehead atoms. The van der Waals surface area contributed by atoms with Gasteiger partial charge in [0.2, 0.25) is 11.8 Å². The Labute approximate surface area is 162 Å². The number of nitrogens with one attached hydrogen (secondary N) is 3. The van der Waals surface area contributed by atoms with Gasteiger partial charge in [0.1, 0.15) is 0 Å². The van der Waals surface area contributed by atoms with Crippen LogP contribution in [0.2, 0.25) is 0 Å². The largest absolute Gasteiger partial charge is 0.349 e. The van der Waals surface area contributed by atoms with Crippen LogP contribution in [0.25, 0.3) is 0 Å². The number of carbonyl (C=O) groups excluding carboxylic acids is 2. The van der Waals surface area contributed by atoms with Crippen LogP contribution < -0.4 is 16.0 Å². The third kappa shape index (κ3) is 4.34. The van der Waals surface area contributed by atoms with Crippen LogP contribution in [0.5, 0.6) is 0 Å². The van der Waals surface area contributed by atoms with E-state index in [1.807, 2.05) is 48.9 Å². The SMILES string of the molecule is CC(NC(=O)CC1(C(=O)NC(C)c2cccs2)CCNC1)c1cccs1. The Morgan fingerprint density at radius 3 is 2.23 bits per heavy atom. The van der Waals surface area contributed by atoms with Crippen LogP contribution in [0.1, 0.15) is 48.5 Å². The molecule has 140 valence electrons. The highest BCUT2D eigenvalue weighted by Gasteiger charge is 2.43. The van der Waals surface area contributed by atoms with Gasteiger partial charge in [0, 0.05) is 22.7 Å². The monoisotopic (exact) mass is 391 g/mol. The summed E-state index contributed by atoms with van der Waals surface area (Å²) in [6.07, 6.45) is 0.884. The van der Waals surface area contributed by atoms with Crippen LogP contribution in [0.3, 0.4) is 0 Å². The number of thiophene rings is 2. The van der Waals surface area contributed by atoms with E-state index in [1.165, 1.54) is 0 Å². The summed E-state index contributed by atoms with van der Waals surface area (Å²) in [7, 11) is 0. The van der Waals surface area contributed by atoms with Crippen LogP contribution in [-0.4, -0.2) is 24.9 Å². The molecule has 7 heteroatoms. The molecule has 2 aromatic rings. The van der Waals surface area contributed by atoms with Crippen molar-refractivity contribution in [2.45, 2.75) is 38.8 Å². The van der Waals surface area contributed by atoms with Crippen molar-refractivity contribution < 1.29 is 9.59 Å². The van der Waals surface area contributed by atoms with Crippen LogP contribution in [-0.2, 0) is 9.59 Å². The molecule has 1 saturated heterocycles. The molecular weight excluding hydrogens is 366 g/mol. The molecule has 26 heavy (non-hydrogen) atoms. The summed E-state index contributed by atoms with van der Waals surface area (Å²) in [5.41, 5.74) is -0.676. The highest BCUT2D eigenvalue weighted by atomic mass is 32.1. The minimum Gasteiger partial charge on any atom is -0.349 e. The van der Waals surface area contributed by atoms with Crippen LogP contribution >= 0.6 is 22.7 Å². The molecule has 0 saturated carbocycles. The summed E-state index contributed by atoms with van der Waals surface area (Å²) in [5, 5.41) is 13.4. The number of rotatable bonds is 7. The zero-order valence-electron chi connectivity index (χ0n) is 15.1. The summed E-state index contributed by atoms with van der Waals surface area (Å²) < 4.78 is 0. The standard InChI is InChI=1S/C19H25N3O2S2/c1-13(15-5-3-9-25-15)21-17(23)11-19(7-8-20-12-19)18(24)22-14(2)16-6-4-10-26-16/h3-6,9-10,13-14,20H,7-8,11-12H2,1-2H3,(H,21,23)(H,22,24). The normalized spacial score (nSPS) is 21.9. The Morgan fingerprint density at radius 1 is 1.12 bits per heavy atom. The molecule has 0 aromatic carbocycles. The molecule has 5 nitrogen and oxygen atoms in total. The second kappa shape index (κ2) is 8.33. The van der Waals surface area contributed by atoms with E-state index in [0.717, 1.165) is 16.3 Å². The molecular formula is C19H25N3O2S2. The second-order valence-electron chi connectivity index (χ2n) is 6.90. The predicted molar refractivity (Wildman–Crippen MR) is 106 cm³/mol. The van der Waals surface area contributed by atoms with Crippen LogP contribution in [0, 0.1) is 5.41 Å². The van der Waals surface area contributed by atoms with Crippen molar-refractivity contribution >= 4 is 34.5 Å². The van der Waals surface area contributed by atoms with E-state index >= 15 is 0 Å². The Kier molecular flexibility index (Phi) is 6.11. The van der Waals surface area contributed by atoms with Crippen molar-refractivity contribution in [1.82, 2.24) is 16.0 Å². The molecule has 3 atom stereocenters. The number of amides is 2. The first-order valence-electron chi connectivity index (χ1n) is 8.88. The molecule has 3 rings (SSSR count). The summed E-state index contributed by atoms with van der Waals surface area (Å²) >= 11 is 3.25. The smallest absolute Gasteiger partial charge is 0.228 e. The lowest BCUT2D eigenvalue weighted by molar-refractivity contribution is -0.136. The minimum absolute atomic E-state index is 0.0395. The van der Waals surface area contributed by atoms with Crippen molar-refractivity contribution in [3.05, 3.63) is 44.8 Å². The van der Waals surface area contributed by atoms with Crippen molar-refractivity contribution in [3.8, 4) is 0 Å². The van der Waals surface area contributed by atoms with E-state index < -0.39 is 5.41 Å². The average Bonchev–Trinajstić information content (AvgIpc) is 3.36. The number of hydrogen-bond donors (Lipinski definition) is 3. The molecule has 1 aliphatic rings. The molecule has 3 heterocycles. The van der Waals surface area contributed by atoms with E-state index in [0.29, 0.717) is 13.0 Å². The van der Waals surface area contributed by atoms with Gasteiger partial charge in [-0.3, -0.25) is 9.59 Å². The maximum absolute atomic E-state index is 13.0. The Balaban J connectivity index is 1.63. The van der Waals surface area contributed by atoms with E-state index in [2.05, 4.69) is 16.0 Å². The fourth-order valence-electron chi connectivity index (χ4n) is 3.34. The number of carbonyl (C=O) groups is 2. The molecule has 2 aromatic heterocycles. The van der Waals surface area contributed by atoms with Gasteiger partial charge >= 0.3 is 0 Å². The summed E-state index contributed by atoms with van der Waals surface area (Å²) in [4.78, 5) is 27.9. The summed E-state index contributed by atoms with van der Waals surface area (Å²) in [5.74, 6) is -0.115. The van der Waals surface area contributed by atoms with E-state index in [-0.39, 0.29) is 30.3 Å². The van der Waals surface area contributed by atoms with Gasteiger partial charge in [-0.05, 0) is 49.7 Å². The highest BCUT2D eigenvalue weighted by Crippen LogP contribution is 2.32. The molecule has 3 N–H and O–H groups in total. The van der Waals surface area contributed by atoms with Gasteiger partial charge in [-0.1, -0.05) is 12.1 Å². The fourth-order valence-corrected chi connectivity index (χ4v) is 4.80. The Bertz CT molecular complexity index is 722. The van der Waals surface area contributed by atoms with Crippen molar-refractivity contribution in [2.75, 3.05) is 13.1 Å². The topological polar surface area (TPSA) is 70.2 Å². The van der Waals surface area contributed by atoms with Crippen molar-refractivity contribution in [1.29, 1.82) is 0 Å². The first-order chi connectivity index (χ1) is 12.5. The molecule has 2 amide bonds. The van der Waals surface area contributed by atoms with Gasteiger partial charge in [0.05, 0.1) is 17.5 Å². The van der Waals surface area contributed by atoms with Gasteiger partial charge in [0.25, 0.3) is 0 Å². The predicted octanol–water partition coefficient (Wildman–Crippen LogP) is 3.23. The van der Waals surface area contributed by atoms with Gasteiger partial charge in [0.15, 0.2) is 0 Å². The van der Waals surface area contributed by atoms with Crippen molar-refractivity contribution in [2.24, 2.45) is 5.41 Å². The summed E-state index contributed by atoms with van der Waals surface area (Å²) in [6, 6.07) is 7.90. The lowest BCUT2D eigenvalue weighted by atomic mass is 9.81. The lowest BCUT2D eigenvalue weighted by Crippen LogP contribution is -2.46. The quantitative estimate of drug-likeness (QED) is 0.679. The first kappa shape index (κ1) is 19.1. The lowest BCUT2D eigenvalue weighted by Gasteiger charge is -2.28. The number of hydrogen-bond acceptors (Lipinski definition) is 5. The van der Waals surface area contributed by atoms with Gasteiger partial charge in [-0.25, -0.2) is 0 Å².